The molecule has 0 bridgehead atoms. The van der Waals surface area contributed by atoms with Gasteiger partial charge >= 0.3 is 18.0 Å². The molecule has 0 radical (unpaired) electrons. The molecule has 0 spiro atoms. The molecule has 2 rings (SSSR count). The summed E-state index contributed by atoms with van der Waals surface area (Å²) in [7, 11) is 5.73. The van der Waals surface area contributed by atoms with Crippen molar-refractivity contribution in [3.05, 3.63) is 41.7 Å². The van der Waals surface area contributed by atoms with Crippen LogP contribution >= 0.6 is 0 Å². The van der Waals surface area contributed by atoms with Crippen molar-refractivity contribution in [1.29, 1.82) is 0 Å². The first-order valence-corrected chi connectivity index (χ1v) is 10.0. The van der Waals surface area contributed by atoms with E-state index in [-0.39, 0.29) is 0 Å². The lowest BCUT2D eigenvalue weighted by Crippen LogP contribution is -2.39. The fraction of sp³-hybridized carbons (Fsp3) is 0.522. The van der Waals surface area contributed by atoms with E-state index in [4.69, 9.17) is 18.9 Å². The quantitative estimate of drug-likeness (QED) is 0.517. The van der Waals surface area contributed by atoms with Crippen LogP contribution in [-0.2, 0) is 28.5 Å². The van der Waals surface area contributed by atoms with Crippen LogP contribution in [0.2, 0.25) is 0 Å². The Morgan fingerprint density at radius 3 is 2.03 bits per heavy atom. The summed E-state index contributed by atoms with van der Waals surface area (Å²) in [5, 5.41) is 0. The number of allylic oxidation sites excluding steroid dienone is 2. The zero-order valence-corrected chi connectivity index (χ0v) is 19.1. The first kappa shape index (κ1) is 24.2. The Kier molecular flexibility index (Phi) is 7.70. The minimum Gasteiger partial charge on any atom is -0.501 e. The number of amides is 1. The Bertz CT molecular complexity index is 838. The van der Waals surface area contributed by atoms with E-state index in [1.807, 2.05) is 0 Å². The van der Waals surface area contributed by atoms with Gasteiger partial charge in [-0.2, -0.15) is 0 Å². The second-order valence-electron chi connectivity index (χ2n) is 8.33. The SMILES string of the molecule is COC(=O)[C@@H]1[C@@H](C(=O)OC)CC=C(OC)[C@H]1c1ccc(N(C)C(=O)OC(C)(C)C)cc1. The van der Waals surface area contributed by atoms with Gasteiger partial charge in [0.15, 0.2) is 0 Å². The number of carbonyl (C=O) groups is 3. The molecule has 1 aromatic rings. The molecule has 8 nitrogen and oxygen atoms in total. The summed E-state index contributed by atoms with van der Waals surface area (Å²) in [5.41, 5.74) is 0.761. The lowest BCUT2D eigenvalue weighted by molar-refractivity contribution is -0.159. The molecule has 170 valence electrons. The van der Waals surface area contributed by atoms with Gasteiger partial charge in [-0.3, -0.25) is 14.5 Å². The monoisotopic (exact) mass is 433 g/mol. The van der Waals surface area contributed by atoms with Crippen LogP contribution in [0, 0.1) is 11.8 Å². The van der Waals surface area contributed by atoms with Gasteiger partial charge in [-0.1, -0.05) is 12.1 Å². The third-order valence-electron chi connectivity index (χ3n) is 5.19. The van der Waals surface area contributed by atoms with Crippen molar-refractivity contribution in [3.63, 3.8) is 0 Å². The van der Waals surface area contributed by atoms with Gasteiger partial charge in [0.2, 0.25) is 0 Å². The molecule has 0 N–H and O–H groups in total. The maximum absolute atomic E-state index is 12.7. The number of benzene rings is 1. The highest BCUT2D eigenvalue weighted by molar-refractivity contribution is 5.87. The summed E-state index contributed by atoms with van der Waals surface area (Å²) in [6.07, 6.45) is 1.63. The zero-order valence-electron chi connectivity index (χ0n) is 19.1. The molecule has 0 aromatic heterocycles. The molecule has 3 atom stereocenters. The largest absolute Gasteiger partial charge is 0.501 e. The number of rotatable bonds is 5. The summed E-state index contributed by atoms with van der Waals surface area (Å²) in [6, 6.07) is 7.10. The number of hydrogen-bond acceptors (Lipinski definition) is 7. The highest BCUT2D eigenvalue weighted by Crippen LogP contribution is 2.43. The maximum Gasteiger partial charge on any atom is 0.414 e. The number of methoxy groups -OCH3 is 3. The van der Waals surface area contributed by atoms with E-state index < -0.39 is 41.4 Å². The Balaban J connectivity index is 2.40. The molecule has 31 heavy (non-hydrogen) atoms. The normalized spacial score (nSPS) is 20.9. The Hall–Kier alpha value is -3.03. The average molecular weight is 434 g/mol. The van der Waals surface area contributed by atoms with E-state index in [0.29, 0.717) is 17.9 Å². The molecule has 0 fully saturated rings. The predicted molar refractivity (Wildman–Crippen MR) is 115 cm³/mol. The van der Waals surface area contributed by atoms with Crippen LogP contribution in [0.15, 0.2) is 36.1 Å². The molecule has 1 amide bonds. The van der Waals surface area contributed by atoms with Gasteiger partial charge in [0.1, 0.15) is 5.60 Å². The smallest absolute Gasteiger partial charge is 0.414 e. The third kappa shape index (κ3) is 5.57. The van der Waals surface area contributed by atoms with Crippen molar-refractivity contribution in [2.24, 2.45) is 11.8 Å². The van der Waals surface area contributed by atoms with Gasteiger partial charge in [-0.05, 0) is 51.0 Å². The number of carbonyl (C=O) groups excluding carboxylic acids is 3. The predicted octanol–water partition coefficient (Wildman–Crippen LogP) is 3.65. The number of esters is 2. The summed E-state index contributed by atoms with van der Waals surface area (Å²) >= 11 is 0. The lowest BCUT2D eigenvalue weighted by atomic mass is 9.71. The van der Waals surface area contributed by atoms with E-state index in [9.17, 15) is 14.4 Å². The number of nitrogens with zero attached hydrogens (tertiary/aromatic N) is 1. The highest BCUT2D eigenvalue weighted by atomic mass is 16.6. The van der Waals surface area contributed by atoms with E-state index in [2.05, 4.69) is 0 Å². The van der Waals surface area contributed by atoms with Gasteiger partial charge < -0.3 is 18.9 Å². The van der Waals surface area contributed by atoms with Crippen LogP contribution in [0.3, 0.4) is 0 Å². The number of hydrogen-bond donors (Lipinski definition) is 0. The topological polar surface area (TPSA) is 91.4 Å². The van der Waals surface area contributed by atoms with Crippen molar-refractivity contribution in [3.8, 4) is 0 Å². The van der Waals surface area contributed by atoms with Crippen LogP contribution in [0.25, 0.3) is 0 Å². The molecule has 0 saturated carbocycles. The van der Waals surface area contributed by atoms with Crippen LogP contribution in [-0.4, -0.2) is 52.0 Å². The minimum atomic E-state index is -0.799. The second kappa shape index (κ2) is 9.85. The van der Waals surface area contributed by atoms with Gasteiger partial charge in [0.05, 0.1) is 44.8 Å². The summed E-state index contributed by atoms with van der Waals surface area (Å²) in [5.74, 6) is -2.44. The van der Waals surface area contributed by atoms with Crippen LogP contribution in [0.1, 0.15) is 38.7 Å². The van der Waals surface area contributed by atoms with Gasteiger partial charge in [-0.15, -0.1) is 0 Å². The van der Waals surface area contributed by atoms with E-state index in [1.54, 1.807) is 58.2 Å². The molecular weight excluding hydrogens is 402 g/mol. The Morgan fingerprint density at radius 1 is 0.968 bits per heavy atom. The molecule has 8 heteroatoms. The van der Waals surface area contributed by atoms with Crippen molar-refractivity contribution >= 4 is 23.7 Å². The van der Waals surface area contributed by atoms with Crippen molar-refractivity contribution < 1.29 is 33.3 Å². The fourth-order valence-electron chi connectivity index (χ4n) is 3.68. The van der Waals surface area contributed by atoms with Crippen LogP contribution in [0.5, 0.6) is 0 Å². The van der Waals surface area contributed by atoms with Crippen LogP contribution < -0.4 is 4.90 Å². The summed E-state index contributed by atoms with van der Waals surface area (Å²) in [6.45, 7) is 5.40. The van der Waals surface area contributed by atoms with E-state index in [1.165, 1.54) is 26.2 Å². The van der Waals surface area contributed by atoms with Crippen molar-refractivity contribution in [2.45, 2.75) is 38.7 Å². The Labute approximate surface area is 183 Å². The zero-order chi connectivity index (χ0) is 23.3. The first-order chi connectivity index (χ1) is 14.5. The van der Waals surface area contributed by atoms with E-state index >= 15 is 0 Å². The van der Waals surface area contributed by atoms with Gasteiger partial charge in [0, 0.05) is 12.7 Å². The summed E-state index contributed by atoms with van der Waals surface area (Å²) < 4.78 is 20.8. The molecule has 0 unspecified atom stereocenters. The molecule has 1 aliphatic rings. The number of anilines is 1. The van der Waals surface area contributed by atoms with Gasteiger partial charge in [0.25, 0.3) is 0 Å². The van der Waals surface area contributed by atoms with Crippen molar-refractivity contribution in [2.75, 3.05) is 33.3 Å². The molecule has 1 aliphatic carbocycles. The average Bonchev–Trinajstić information content (AvgIpc) is 2.75. The Morgan fingerprint density at radius 2 is 1.55 bits per heavy atom. The maximum atomic E-state index is 12.7. The second-order valence-corrected chi connectivity index (χ2v) is 8.33. The first-order valence-electron chi connectivity index (χ1n) is 10.0. The highest BCUT2D eigenvalue weighted by Gasteiger charge is 2.46. The van der Waals surface area contributed by atoms with Gasteiger partial charge in [-0.25, -0.2) is 4.79 Å². The van der Waals surface area contributed by atoms with Crippen LogP contribution in [0.4, 0.5) is 10.5 Å². The molecule has 0 heterocycles. The number of ether oxygens (including phenoxy) is 4. The third-order valence-corrected chi connectivity index (χ3v) is 5.19. The molecule has 0 saturated heterocycles. The lowest BCUT2D eigenvalue weighted by Gasteiger charge is -2.35. The van der Waals surface area contributed by atoms with E-state index in [0.717, 1.165) is 5.56 Å². The molecule has 1 aromatic carbocycles. The molecular formula is C23H31NO7. The standard InChI is InChI=1S/C23H31NO7/c1-23(2,3)31-22(27)24(4)15-10-8-14(9-11-15)18-17(28-5)13-12-16(20(25)29-6)19(18)21(26)30-7/h8-11,13,16,18-19H,12H2,1-7H3/t16-,18+,19+/m0/s1. The van der Waals surface area contributed by atoms with Crippen molar-refractivity contribution in [1.82, 2.24) is 0 Å². The summed E-state index contributed by atoms with van der Waals surface area (Å²) in [4.78, 5) is 38.7. The molecule has 0 aliphatic heterocycles. The minimum absolute atomic E-state index is 0.311. The fourth-order valence-corrected chi connectivity index (χ4v) is 3.68.